The number of aromatic nitrogens is 2. The van der Waals surface area contributed by atoms with Crippen molar-refractivity contribution in [3.63, 3.8) is 0 Å². The highest BCUT2D eigenvalue weighted by molar-refractivity contribution is 7.99. The van der Waals surface area contributed by atoms with Crippen molar-refractivity contribution in [3.05, 3.63) is 46.9 Å². The molecule has 2 rings (SSSR count). The van der Waals surface area contributed by atoms with Gasteiger partial charge < -0.3 is 5.32 Å². The first-order chi connectivity index (χ1) is 10.8. The van der Waals surface area contributed by atoms with Crippen LogP contribution in [0.15, 0.2) is 35.6 Å². The molecule has 1 aromatic heterocycles. The van der Waals surface area contributed by atoms with Crippen LogP contribution in [0.25, 0.3) is 0 Å². The Kier molecular flexibility index (Phi) is 5.48. The summed E-state index contributed by atoms with van der Waals surface area (Å²) in [5, 5.41) is 3.01. The summed E-state index contributed by atoms with van der Waals surface area (Å²) in [6.07, 6.45) is -3.13. The van der Waals surface area contributed by atoms with Crippen LogP contribution in [0.5, 0.6) is 0 Å². The molecule has 1 aromatic carbocycles. The van der Waals surface area contributed by atoms with Crippen molar-refractivity contribution >= 4 is 35.0 Å². The van der Waals surface area contributed by atoms with E-state index in [2.05, 4.69) is 15.3 Å². The standard InChI is InChI=1S/C14H11ClF3N3OS/c1-8-4-13(20-7-19-8)23-6-12(22)21-11-5-9(14(16,17)18)2-3-10(11)15/h2-5,7H,6H2,1H3,(H,21,22). The number of anilines is 1. The fraction of sp³-hybridized carbons (Fsp3) is 0.214. The molecule has 0 saturated carbocycles. The fourth-order valence-corrected chi connectivity index (χ4v) is 2.52. The Bertz CT molecular complexity index is 725. The van der Waals surface area contributed by atoms with Crippen LogP contribution in [0.4, 0.5) is 18.9 Å². The quantitative estimate of drug-likeness (QED) is 0.655. The third kappa shape index (κ3) is 5.11. The second-order valence-corrected chi connectivity index (χ2v) is 5.93. The maximum absolute atomic E-state index is 12.7. The number of alkyl halides is 3. The van der Waals surface area contributed by atoms with Gasteiger partial charge >= 0.3 is 6.18 Å². The minimum Gasteiger partial charge on any atom is -0.324 e. The molecule has 0 bridgehead atoms. The first-order valence-electron chi connectivity index (χ1n) is 6.34. The summed E-state index contributed by atoms with van der Waals surface area (Å²) in [5.41, 5.74) is -0.203. The number of rotatable bonds is 4. The van der Waals surface area contributed by atoms with Gasteiger partial charge in [-0.15, -0.1) is 0 Å². The summed E-state index contributed by atoms with van der Waals surface area (Å²) in [4.78, 5) is 19.8. The summed E-state index contributed by atoms with van der Waals surface area (Å²) in [7, 11) is 0. The number of carbonyl (C=O) groups excluding carboxylic acids is 1. The average molecular weight is 362 g/mol. The van der Waals surface area contributed by atoms with E-state index < -0.39 is 17.6 Å². The van der Waals surface area contributed by atoms with E-state index in [0.717, 1.165) is 35.7 Å². The summed E-state index contributed by atoms with van der Waals surface area (Å²) in [5.74, 6) is -0.490. The molecule has 0 radical (unpaired) electrons. The molecule has 0 unspecified atom stereocenters. The number of nitrogens with zero attached hydrogens (tertiary/aromatic N) is 2. The van der Waals surface area contributed by atoms with E-state index in [9.17, 15) is 18.0 Å². The number of nitrogens with one attached hydrogen (secondary N) is 1. The largest absolute Gasteiger partial charge is 0.416 e. The van der Waals surface area contributed by atoms with Crippen LogP contribution in [-0.4, -0.2) is 21.6 Å². The van der Waals surface area contributed by atoms with Gasteiger partial charge in [0, 0.05) is 5.69 Å². The second-order valence-electron chi connectivity index (χ2n) is 4.53. The lowest BCUT2D eigenvalue weighted by molar-refractivity contribution is -0.137. The van der Waals surface area contributed by atoms with Crippen LogP contribution in [0, 0.1) is 6.92 Å². The molecule has 1 amide bonds. The Morgan fingerprint density at radius 3 is 2.70 bits per heavy atom. The normalized spacial score (nSPS) is 11.3. The minimum atomic E-state index is -4.50. The monoisotopic (exact) mass is 361 g/mol. The van der Waals surface area contributed by atoms with Crippen molar-refractivity contribution in [1.82, 2.24) is 9.97 Å². The van der Waals surface area contributed by atoms with Gasteiger partial charge in [-0.25, -0.2) is 9.97 Å². The molecule has 2 aromatic rings. The molecule has 9 heteroatoms. The van der Waals surface area contributed by atoms with E-state index in [0.29, 0.717) is 5.03 Å². The molecule has 0 saturated heterocycles. The Morgan fingerprint density at radius 1 is 1.30 bits per heavy atom. The van der Waals surface area contributed by atoms with Gasteiger partial charge in [0.05, 0.1) is 22.0 Å². The van der Waals surface area contributed by atoms with Crippen LogP contribution in [0.2, 0.25) is 5.02 Å². The van der Waals surface area contributed by atoms with Crippen molar-refractivity contribution in [2.45, 2.75) is 18.1 Å². The highest BCUT2D eigenvalue weighted by Crippen LogP contribution is 2.33. The summed E-state index contributed by atoms with van der Waals surface area (Å²) in [6, 6.07) is 4.46. The Labute approximate surface area is 139 Å². The molecule has 0 aliphatic carbocycles. The molecule has 23 heavy (non-hydrogen) atoms. The molecular weight excluding hydrogens is 351 g/mol. The number of benzene rings is 1. The summed E-state index contributed by atoms with van der Waals surface area (Å²) in [6.45, 7) is 1.79. The maximum atomic E-state index is 12.7. The summed E-state index contributed by atoms with van der Waals surface area (Å²) >= 11 is 6.97. The van der Waals surface area contributed by atoms with E-state index >= 15 is 0 Å². The number of halogens is 4. The first-order valence-corrected chi connectivity index (χ1v) is 7.70. The molecule has 0 spiro atoms. The average Bonchev–Trinajstić information content (AvgIpc) is 2.46. The Hall–Kier alpha value is -1.80. The Balaban J connectivity index is 2.02. The number of thioether (sulfide) groups is 1. The first kappa shape index (κ1) is 17.6. The van der Waals surface area contributed by atoms with Crippen LogP contribution < -0.4 is 5.32 Å². The number of hydrogen-bond donors (Lipinski definition) is 1. The molecule has 0 atom stereocenters. The van der Waals surface area contributed by atoms with Gasteiger partial charge in [0.25, 0.3) is 0 Å². The van der Waals surface area contributed by atoms with Crippen LogP contribution in [-0.2, 0) is 11.0 Å². The van der Waals surface area contributed by atoms with Gasteiger partial charge in [-0.2, -0.15) is 13.2 Å². The van der Waals surface area contributed by atoms with E-state index in [1.54, 1.807) is 13.0 Å². The van der Waals surface area contributed by atoms with Crippen molar-refractivity contribution in [1.29, 1.82) is 0 Å². The van der Waals surface area contributed by atoms with Gasteiger partial charge in [0.2, 0.25) is 5.91 Å². The lowest BCUT2D eigenvalue weighted by Gasteiger charge is -2.11. The van der Waals surface area contributed by atoms with Crippen LogP contribution in [0.1, 0.15) is 11.3 Å². The molecule has 0 fully saturated rings. The van der Waals surface area contributed by atoms with E-state index in [1.807, 2.05) is 0 Å². The minimum absolute atomic E-state index is 0.0109. The predicted octanol–water partition coefficient (Wildman–Crippen LogP) is 4.19. The second kappa shape index (κ2) is 7.18. The lowest BCUT2D eigenvalue weighted by Crippen LogP contribution is -2.15. The van der Waals surface area contributed by atoms with Gasteiger partial charge in [-0.1, -0.05) is 23.4 Å². The Morgan fingerprint density at radius 2 is 2.04 bits per heavy atom. The van der Waals surface area contributed by atoms with Gasteiger partial charge in [-0.3, -0.25) is 4.79 Å². The number of amides is 1. The molecule has 122 valence electrons. The van der Waals surface area contributed by atoms with E-state index in [-0.39, 0.29) is 16.5 Å². The molecule has 4 nitrogen and oxygen atoms in total. The molecule has 1 N–H and O–H groups in total. The molecule has 1 heterocycles. The number of aryl methyl sites for hydroxylation is 1. The zero-order valence-corrected chi connectivity index (χ0v) is 13.4. The highest BCUT2D eigenvalue weighted by atomic mass is 35.5. The van der Waals surface area contributed by atoms with E-state index in [4.69, 9.17) is 11.6 Å². The SMILES string of the molecule is Cc1cc(SCC(=O)Nc2cc(C(F)(F)F)ccc2Cl)ncn1. The van der Waals surface area contributed by atoms with Crippen LogP contribution in [0.3, 0.4) is 0 Å². The van der Waals surface area contributed by atoms with Crippen LogP contribution >= 0.6 is 23.4 Å². The number of hydrogen-bond acceptors (Lipinski definition) is 4. The van der Waals surface area contributed by atoms with Gasteiger partial charge in [0.15, 0.2) is 0 Å². The maximum Gasteiger partial charge on any atom is 0.416 e. The topological polar surface area (TPSA) is 54.9 Å². The molecule has 0 aliphatic rings. The van der Waals surface area contributed by atoms with Crippen molar-refractivity contribution in [2.24, 2.45) is 0 Å². The summed E-state index contributed by atoms with van der Waals surface area (Å²) < 4.78 is 38.0. The zero-order chi connectivity index (χ0) is 17.0. The van der Waals surface area contributed by atoms with Crippen molar-refractivity contribution in [3.8, 4) is 0 Å². The van der Waals surface area contributed by atoms with Gasteiger partial charge in [0.1, 0.15) is 11.4 Å². The molecule has 0 aliphatic heterocycles. The van der Waals surface area contributed by atoms with Gasteiger partial charge in [-0.05, 0) is 31.2 Å². The number of carbonyl (C=O) groups is 1. The lowest BCUT2D eigenvalue weighted by atomic mass is 10.2. The third-order valence-corrected chi connectivity index (χ3v) is 3.95. The zero-order valence-electron chi connectivity index (χ0n) is 11.8. The van der Waals surface area contributed by atoms with E-state index in [1.165, 1.54) is 6.33 Å². The fourth-order valence-electron chi connectivity index (χ4n) is 1.63. The highest BCUT2D eigenvalue weighted by Gasteiger charge is 2.31. The third-order valence-electron chi connectivity index (χ3n) is 2.70. The smallest absolute Gasteiger partial charge is 0.324 e. The van der Waals surface area contributed by atoms with Crippen molar-refractivity contribution < 1.29 is 18.0 Å². The predicted molar refractivity (Wildman–Crippen MR) is 82.6 cm³/mol. The van der Waals surface area contributed by atoms with Crippen molar-refractivity contribution in [2.75, 3.05) is 11.1 Å². The molecular formula is C14H11ClF3N3OS.